The molecule has 8 nitrogen and oxygen atoms in total. The number of anilines is 2. The maximum absolute atomic E-state index is 12.5. The van der Waals surface area contributed by atoms with E-state index >= 15 is 0 Å². The summed E-state index contributed by atoms with van der Waals surface area (Å²) in [5, 5.41) is 21.0. The van der Waals surface area contributed by atoms with Crippen LogP contribution in [-0.4, -0.2) is 43.6 Å². The van der Waals surface area contributed by atoms with Gasteiger partial charge in [0.1, 0.15) is 11.5 Å². The van der Waals surface area contributed by atoms with Gasteiger partial charge >= 0.3 is 0 Å². The molecule has 1 aliphatic heterocycles. The predicted octanol–water partition coefficient (Wildman–Crippen LogP) is 2.63. The number of aliphatic hydroxyl groups is 1. The first-order valence-corrected chi connectivity index (χ1v) is 9.70. The van der Waals surface area contributed by atoms with Gasteiger partial charge in [0.15, 0.2) is 0 Å². The average Bonchev–Trinajstić information content (AvgIpc) is 3.17. The van der Waals surface area contributed by atoms with Gasteiger partial charge in [0.25, 0.3) is 0 Å². The van der Waals surface area contributed by atoms with E-state index in [-0.39, 0.29) is 24.6 Å². The maximum Gasteiger partial charge on any atom is 0.224 e. The smallest absolute Gasteiger partial charge is 0.224 e. The minimum Gasteiger partial charge on any atom is -0.394 e. The minimum atomic E-state index is -0.0115. The fourth-order valence-corrected chi connectivity index (χ4v) is 3.98. The lowest BCUT2D eigenvalue weighted by Gasteiger charge is -2.40. The van der Waals surface area contributed by atoms with Crippen molar-refractivity contribution in [3.8, 4) is 11.3 Å². The van der Waals surface area contributed by atoms with E-state index in [9.17, 15) is 4.79 Å². The number of pyridine rings is 1. The molecule has 4 rings (SSSR count). The van der Waals surface area contributed by atoms with Crippen molar-refractivity contribution in [3.63, 3.8) is 0 Å². The van der Waals surface area contributed by atoms with E-state index < -0.39 is 0 Å². The number of amides is 1. The molecule has 1 aliphatic rings. The Labute approximate surface area is 169 Å². The molecule has 0 aliphatic carbocycles. The van der Waals surface area contributed by atoms with E-state index in [1.54, 1.807) is 24.0 Å². The average molecular weight is 392 g/mol. The third-order valence-electron chi connectivity index (χ3n) is 5.17. The second kappa shape index (κ2) is 8.00. The van der Waals surface area contributed by atoms with E-state index in [2.05, 4.69) is 27.5 Å². The highest BCUT2D eigenvalue weighted by atomic mass is 16.3. The summed E-state index contributed by atoms with van der Waals surface area (Å²) in [7, 11) is 0. The number of aromatic nitrogens is 4. The SMILES string of the molecule is CC(=O)N1c2c(-c3cn(CCO)nn3)cccc2C(Nc2ccccn2)CC1C. The zero-order valence-electron chi connectivity index (χ0n) is 16.5. The van der Waals surface area contributed by atoms with Crippen LogP contribution in [0.3, 0.4) is 0 Å². The van der Waals surface area contributed by atoms with Gasteiger partial charge in [0, 0.05) is 24.7 Å². The summed E-state index contributed by atoms with van der Waals surface area (Å²) in [6.45, 7) is 4.00. The number of hydrogen-bond acceptors (Lipinski definition) is 6. The van der Waals surface area contributed by atoms with Crippen molar-refractivity contribution in [3.05, 3.63) is 54.4 Å². The summed E-state index contributed by atoms with van der Waals surface area (Å²) in [5.74, 6) is 0.788. The molecule has 3 aromatic rings. The van der Waals surface area contributed by atoms with Crippen LogP contribution in [0.1, 0.15) is 31.9 Å². The summed E-state index contributed by atoms with van der Waals surface area (Å²) >= 11 is 0. The summed E-state index contributed by atoms with van der Waals surface area (Å²) in [5.41, 5.74) is 3.40. The highest BCUT2D eigenvalue weighted by Crippen LogP contribution is 2.44. The molecule has 2 unspecified atom stereocenters. The van der Waals surface area contributed by atoms with Crippen LogP contribution in [0.25, 0.3) is 11.3 Å². The third kappa shape index (κ3) is 3.71. The molecular weight excluding hydrogens is 368 g/mol. The van der Waals surface area contributed by atoms with E-state index in [0.717, 1.165) is 29.1 Å². The van der Waals surface area contributed by atoms with Crippen LogP contribution in [0.4, 0.5) is 11.5 Å². The first-order chi connectivity index (χ1) is 14.1. The van der Waals surface area contributed by atoms with Crippen molar-refractivity contribution in [2.24, 2.45) is 0 Å². The number of hydrogen-bond donors (Lipinski definition) is 2. The van der Waals surface area contributed by atoms with Crippen LogP contribution in [0, 0.1) is 0 Å². The Hall–Kier alpha value is -3.26. The van der Waals surface area contributed by atoms with Crippen LogP contribution in [-0.2, 0) is 11.3 Å². The molecule has 8 heteroatoms. The number of para-hydroxylation sites is 1. The Kier molecular flexibility index (Phi) is 5.26. The Morgan fingerprint density at radius 3 is 2.86 bits per heavy atom. The van der Waals surface area contributed by atoms with Gasteiger partial charge in [0.05, 0.1) is 31.1 Å². The third-order valence-corrected chi connectivity index (χ3v) is 5.17. The maximum atomic E-state index is 12.5. The van der Waals surface area contributed by atoms with E-state index in [1.807, 2.05) is 41.3 Å². The van der Waals surface area contributed by atoms with Gasteiger partial charge in [0.2, 0.25) is 5.91 Å². The number of aliphatic hydroxyl groups excluding tert-OH is 1. The van der Waals surface area contributed by atoms with Crippen LogP contribution in [0.15, 0.2) is 48.8 Å². The summed E-state index contributed by atoms with van der Waals surface area (Å²) < 4.78 is 1.60. The predicted molar refractivity (Wildman–Crippen MR) is 110 cm³/mol. The number of carbonyl (C=O) groups excluding carboxylic acids is 1. The van der Waals surface area contributed by atoms with Crippen LogP contribution in [0.5, 0.6) is 0 Å². The molecule has 0 spiro atoms. The molecule has 1 aromatic carbocycles. The van der Waals surface area contributed by atoms with E-state index in [0.29, 0.717) is 12.2 Å². The van der Waals surface area contributed by atoms with Crippen molar-refractivity contribution >= 4 is 17.4 Å². The molecule has 0 saturated carbocycles. The standard InChI is InChI=1S/C21H24N6O2/c1-14-12-18(23-20-8-3-4-9-22-20)16-6-5-7-17(21(16)27(14)15(2)29)19-13-26(10-11-28)25-24-19/h3-9,13-14,18,28H,10-12H2,1-2H3,(H,22,23). The number of nitrogens with one attached hydrogen (secondary N) is 1. The van der Waals surface area contributed by atoms with Gasteiger partial charge < -0.3 is 15.3 Å². The van der Waals surface area contributed by atoms with Crippen molar-refractivity contribution < 1.29 is 9.90 Å². The topological polar surface area (TPSA) is 96.2 Å². The number of benzene rings is 1. The summed E-state index contributed by atoms with van der Waals surface area (Å²) in [6.07, 6.45) is 4.32. The summed E-state index contributed by atoms with van der Waals surface area (Å²) in [6, 6.07) is 11.8. The van der Waals surface area contributed by atoms with Crippen LogP contribution >= 0.6 is 0 Å². The van der Waals surface area contributed by atoms with Gasteiger partial charge in [-0.25, -0.2) is 9.67 Å². The highest BCUT2D eigenvalue weighted by Gasteiger charge is 2.35. The first-order valence-electron chi connectivity index (χ1n) is 9.70. The largest absolute Gasteiger partial charge is 0.394 e. The zero-order valence-corrected chi connectivity index (χ0v) is 16.5. The first kappa shape index (κ1) is 19.1. The number of carbonyl (C=O) groups is 1. The Bertz CT molecular complexity index is 1000. The number of fused-ring (bicyclic) bond motifs is 1. The molecule has 150 valence electrons. The molecule has 2 N–H and O–H groups in total. The van der Waals surface area contributed by atoms with Gasteiger partial charge in [-0.05, 0) is 31.0 Å². The summed E-state index contributed by atoms with van der Waals surface area (Å²) in [4.78, 5) is 18.8. The molecule has 0 bridgehead atoms. The van der Waals surface area contributed by atoms with Crippen LogP contribution < -0.4 is 10.2 Å². The van der Waals surface area contributed by atoms with E-state index in [1.165, 1.54) is 0 Å². The second-order valence-corrected chi connectivity index (χ2v) is 7.22. The minimum absolute atomic E-state index is 0.00904. The van der Waals surface area contributed by atoms with Crippen molar-refractivity contribution in [1.29, 1.82) is 0 Å². The lowest BCUT2D eigenvalue weighted by Crippen LogP contribution is -2.43. The molecule has 29 heavy (non-hydrogen) atoms. The van der Waals surface area contributed by atoms with Crippen LogP contribution in [0.2, 0.25) is 0 Å². The zero-order chi connectivity index (χ0) is 20.4. The molecule has 0 radical (unpaired) electrons. The molecule has 0 saturated heterocycles. The molecule has 0 fully saturated rings. The fraction of sp³-hybridized carbons (Fsp3) is 0.333. The Morgan fingerprint density at radius 1 is 1.28 bits per heavy atom. The number of nitrogens with zero attached hydrogens (tertiary/aromatic N) is 5. The highest BCUT2D eigenvalue weighted by molar-refractivity contribution is 5.98. The molecule has 2 atom stereocenters. The molecule has 2 aromatic heterocycles. The lowest BCUT2D eigenvalue weighted by molar-refractivity contribution is -0.117. The second-order valence-electron chi connectivity index (χ2n) is 7.22. The quantitative estimate of drug-likeness (QED) is 0.693. The fourth-order valence-electron chi connectivity index (χ4n) is 3.98. The van der Waals surface area contributed by atoms with Crippen molar-refractivity contribution in [2.45, 2.75) is 38.9 Å². The van der Waals surface area contributed by atoms with Gasteiger partial charge in [-0.15, -0.1) is 5.10 Å². The molecule has 1 amide bonds. The molecule has 3 heterocycles. The normalized spacial score (nSPS) is 18.4. The van der Waals surface area contributed by atoms with E-state index in [4.69, 9.17) is 5.11 Å². The Balaban J connectivity index is 1.81. The monoisotopic (exact) mass is 392 g/mol. The van der Waals surface area contributed by atoms with Crippen molar-refractivity contribution in [2.75, 3.05) is 16.8 Å². The van der Waals surface area contributed by atoms with Gasteiger partial charge in [-0.2, -0.15) is 0 Å². The molecular formula is C21H24N6O2. The van der Waals surface area contributed by atoms with Gasteiger partial charge in [-0.1, -0.05) is 29.5 Å². The van der Waals surface area contributed by atoms with Crippen molar-refractivity contribution in [1.82, 2.24) is 20.0 Å². The lowest BCUT2D eigenvalue weighted by atomic mass is 9.88. The van der Waals surface area contributed by atoms with Gasteiger partial charge in [-0.3, -0.25) is 4.79 Å². The number of rotatable bonds is 5. The Morgan fingerprint density at radius 2 is 2.14 bits per heavy atom.